The SMILES string of the molecule is Nc1ccc(Br)c(S(=O)(=O)N2CCC(O)CC2)c1. The minimum Gasteiger partial charge on any atom is -0.399 e. The van der Waals surface area contributed by atoms with Gasteiger partial charge in [-0.3, -0.25) is 0 Å². The Labute approximate surface area is 115 Å². The second kappa shape index (κ2) is 5.16. The van der Waals surface area contributed by atoms with Gasteiger partial charge in [0.15, 0.2) is 0 Å². The fraction of sp³-hybridized carbons (Fsp3) is 0.455. The summed E-state index contributed by atoms with van der Waals surface area (Å²) in [7, 11) is -3.54. The van der Waals surface area contributed by atoms with Gasteiger partial charge in [-0.05, 0) is 47.0 Å². The van der Waals surface area contributed by atoms with E-state index in [9.17, 15) is 13.5 Å². The third kappa shape index (κ3) is 2.69. The molecule has 1 aromatic rings. The third-order valence-electron chi connectivity index (χ3n) is 3.00. The Bertz CT molecular complexity index is 539. The lowest BCUT2D eigenvalue weighted by Gasteiger charge is -2.29. The number of hydrogen-bond donors (Lipinski definition) is 2. The number of nitrogen functional groups attached to an aromatic ring is 1. The molecule has 0 spiro atoms. The minimum absolute atomic E-state index is 0.180. The van der Waals surface area contributed by atoms with Crippen LogP contribution in [-0.2, 0) is 10.0 Å². The number of nitrogens with two attached hydrogens (primary N) is 1. The fourth-order valence-electron chi connectivity index (χ4n) is 1.94. The van der Waals surface area contributed by atoms with Gasteiger partial charge in [-0.15, -0.1) is 0 Å². The molecule has 0 atom stereocenters. The molecule has 2 rings (SSSR count). The van der Waals surface area contributed by atoms with Crippen molar-refractivity contribution < 1.29 is 13.5 Å². The van der Waals surface area contributed by atoms with Crippen molar-refractivity contribution in [1.29, 1.82) is 0 Å². The van der Waals surface area contributed by atoms with Crippen molar-refractivity contribution in [2.24, 2.45) is 0 Å². The number of nitrogens with zero attached hydrogens (tertiary/aromatic N) is 1. The third-order valence-corrected chi connectivity index (χ3v) is 5.89. The van der Waals surface area contributed by atoms with E-state index in [1.54, 1.807) is 12.1 Å². The van der Waals surface area contributed by atoms with Gasteiger partial charge in [-0.25, -0.2) is 8.42 Å². The van der Waals surface area contributed by atoms with E-state index in [4.69, 9.17) is 5.73 Å². The summed E-state index contributed by atoms with van der Waals surface area (Å²) in [5, 5.41) is 9.41. The predicted molar refractivity (Wildman–Crippen MR) is 72.6 cm³/mol. The van der Waals surface area contributed by atoms with E-state index in [2.05, 4.69) is 15.9 Å². The van der Waals surface area contributed by atoms with Crippen LogP contribution < -0.4 is 5.73 Å². The Balaban J connectivity index is 2.33. The summed E-state index contributed by atoms with van der Waals surface area (Å²) < 4.78 is 26.7. The van der Waals surface area contributed by atoms with Gasteiger partial charge in [0.05, 0.1) is 11.0 Å². The average molecular weight is 335 g/mol. The number of anilines is 1. The molecule has 5 nitrogen and oxygen atoms in total. The molecule has 1 saturated heterocycles. The lowest BCUT2D eigenvalue weighted by atomic mass is 10.1. The molecule has 18 heavy (non-hydrogen) atoms. The van der Waals surface area contributed by atoms with Gasteiger partial charge in [0, 0.05) is 23.2 Å². The van der Waals surface area contributed by atoms with E-state index < -0.39 is 16.1 Å². The van der Waals surface area contributed by atoms with Gasteiger partial charge in [0.1, 0.15) is 0 Å². The number of sulfonamides is 1. The molecule has 0 aromatic heterocycles. The standard InChI is InChI=1S/C11H15BrN2O3S/c12-10-2-1-8(13)7-11(10)18(16,17)14-5-3-9(15)4-6-14/h1-2,7,9,15H,3-6,13H2. The molecule has 1 aliphatic heterocycles. The molecule has 1 aromatic carbocycles. The van der Waals surface area contributed by atoms with Crippen LogP contribution in [0, 0.1) is 0 Å². The lowest BCUT2D eigenvalue weighted by Crippen LogP contribution is -2.40. The minimum atomic E-state index is -3.54. The van der Waals surface area contributed by atoms with Crippen LogP contribution in [0.4, 0.5) is 5.69 Å². The molecule has 1 fully saturated rings. The zero-order valence-electron chi connectivity index (χ0n) is 9.71. The van der Waals surface area contributed by atoms with Crippen LogP contribution in [0.3, 0.4) is 0 Å². The number of hydrogen-bond acceptors (Lipinski definition) is 4. The van der Waals surface area contributed by atoms with Gasteiger partial charge in [-0.1, -0.05) is 0 Å². The molecular formula is C11H15BrN2O3S. The van der Waals surface area contributed by atoms with Gasteiger partial charge in [0.25, 0.3) is 0 Å². The Kier molecular flexibility index (Phi) is 3.96. The summed E-state index contributed by atoms with van der Waals surface area (Å²) in [4.78, 5) is 0.180. The number of aliphatic hydroxyl groups excluding tert-OH is 1. The maximum absolute atomic E-state index is 12.4. The number of benzene rings is 1. The van der Waals surface area contributed by atoms with E-state index in [0.717, 1.165) is 0 Å². The Morgan fingerprint density at radius 3 is 2.56 bits per heavy atom. The molecular weight excluding hydrogens is 320 g/mol. The van der Waals surface area contributed by atoms with Crippen LogP contribution in [0.25, 0.3) is 0 Å². The highest BCUT2D eigenvalue weighted by atomic mass is 79.9. The molecule has 1 aliphatic rings. The maximum atomic E-state index is 12.4. The van der Waals surface area contributed by atoms with Crippen LogP contribution >= 0.6 is 15.9 Å². The first-order valence-corrected chi connectivity index (χ1v) is 7.88. The maximum Gasteiger partial charge on any atom is 0.244 e. The molecule has 0 bridgehead atoms. The quantitative estimate of drug-likeness (QED) is 0.795. The van der Waals surface area contributed by atoms with Crippen molar-refractivity contribution >= 4 is 31.6 Å². The van der Waals surface area contributed by atoms with Crippen molar-refractivity contribution in [1.82, 2.24) is 4.31 Å². The van der Waals surface area contributed by atoms with Gasteiger partial charge in [0.2, 0.25) is 10.0 Å². The Morgan fingerprint density at radius 1 is 1.33 bits per heavy atom. The Hall–Kier alpha value is -0.630. The zero-order valence-corrected chi connectivity index (χ0v) is 12.1. The summed E-state index contributed by atoms with van der Waals surface area (Å²) in [5.41, 5.74) is 6.04. The van der Waals surface area contributed by atoms with Crippen molar-refractivity contribution in [3.05, 3.63) is 22.7 Å². The average Bonchev–Trinajstić information content (AvgIpc) is 2.32. The summed E-state index contributed by atoms with van der Waals surface area (Å²) in [5.74, 6) is 0. The molecule has 0 aliphatic carbocycles. The molecule has 7 heteroatoms. The van der Waals surface area contributed by atoms with E-state index in [1.165, 1.54) is 10.4 Å². The summed E-state index contributed by atoms with van der Waals surface area (Å²) in [6.45, 7) is 0.676. The van der Waals surface area contributed by atoms with Crippen LogP contribution in [0.2, 0.25) is 0 Å². The lowest BCUT2D eigenvalue weighted by molar-refractivity contribution is 0.113. The molecule has 0 saturated carbocycles. The fourth-order valence-corrected chi connectivity index (χ4v) is 4.37. The predicted octanol–water partition coefficient (Wildman–Crippen LogP) is 1.18. The summed E-state index contributed by atoms with van der Waals surface area (Å²) in [6.07, 6.45) is 0.541. The monoisotopic (exact) mass is 334 g/mol. The van der Waals surface area contributed by atoms with Crippen LogP contribution in [0.15, 0.2) is 27.6 Å². The molecule has 0 amide bonds. The van der Waals surface area contributed by atoms with Crippen LogP contribution in [-0.4, -0.2) is 37.0 Å². The Morgan fingerprint density at radius 2 is 1.94 bits per heavy atom. The van der Waals surface area contributed by atoms with E-state index >= 15 is 0 Å². The molecule has 3 N–H and O–H groups in total. The summed E-state index contributed by atoms with van der Waals surface area (Å²) >= 11 is 3.23. The van der Waals surface area contributed by atoms with Crippen molar-refractivity contribution in [2.45, 2.75) is 23.8 Å². The van der Waals surface area contributed by atoms with Gasteiger partial charge < -0.3 is 10.8 Å². The topological polar surface area (TPSA) is 83.6 Å². The number of aliphatic hydroxyl groups is 1. The molecule has 1 heterocycles. The zero-order chi connectivity index (χ0) is 13.3. The van der Waals surface area contributed by atoms with Crippen LogP contribution in [0.5, 0.6) is 0 Å². The molecule has 100 valence electrons. The second-order valence-corrected chi connectivity index (χ2v) is 7.09. The van der Waals surface area contributed by atoms with Crippen molar-refractivity contribution in [2.75, 3.05) is 18.8 Å². The highest BCUT2D eigenvalue weighted by Crippen LogP contribution is 2.28. The first kappa shape index (κ1) is 13.8. The largest absolute Gasteiger partial charge is 0.399 e. The summed E-state index contributed by atoms with van der Waals surface area (Å²) in [6, 6.07) is 4.72. The van der Waals surface area contributed by atoms with E-state index in [0.29, 0.717) is 36.1 Å². The first-order chi connectivity index (χ1) is 8.41. The normalized spacial score (nSPS) is 19.0. The molecule has 0 radical (unpaired) electrons. The second-order valence-electron chi connectivity index (χ2n) is 4.33. The van der Waals surface area contributed by atoms with Gasteiger partial charge in [-0.2, -0.15) is 4.31 Å². The van der Waals surface area contributed by atoms with Crippen LogP contribution in [0.1, 0.15) is 12.8 Å². The molecule has 0 unspecified atom stereocenters. The smallest absolute Gasteiger partial charge is 0.244 e. The first-order valence-electron chi connectivity index (χ1n) is 5.64. The van der Waals surface area contributed by atoms with Crippen molar-refractivity contribution in [3.8, 4) is 0 Å². The van der Waals surface area contributed by atoms with E-state index in [-0.39, 0.29) is 4.90 Å². The highest BCUT2D eigenvalue weighted by molar-refractivity contribution is 9.10. The number of rotatable bonds is 2. The highest BCUT2D eigenvalue weighted by Gasteiger charge is 2.30. The van der Waals surface area contributed by atoms with Gasteiger partial charge >= 0.3 is 0 Å². The number of piperidine rings is 1. The van der Waals surface area contributed by atoms with E-state index in [1.807, 2.05) is 0 Å². The number of halogens is 1. The van der Waals surface area contributed by atoms with Crippen molar-refractivity contribution in [3.63, 3.8) is 0 Å².